The van der Waals surface area contributed by atoms with Crippen molar-refractivity contribution in [3.05, 3.63) is 60.2 Å². The maximum absolute atomic E-state index is 12.0. The number of carbonyl (C=O) groups is 2. The topological polar surface area (TPSA) is 73.9 Å². The Morgan fingerprint density at radius 2 is 1.69 bits per heavy atom. The Morgan fingerprint density at radius 3 is 2.35 bits per heavy atom. The first-order chi connectivity index (χ1) is 12.5. The zero-order valence-electron chi connectivity index (χ0n) is 14.9. The van der Waals surface area contributed by atoms with Gasteiger partial charge in [-0.05, 0) is 42.8 Å². The number of nitrogens with one attached hydrogen (secondary N) is 1. The molecule has 1 amide bonds. The number of carbonyl (C=O) groups excluding carboxylic acids is 2. The van der Waals surface area contributed by atoms with E-state index in [4.69, 9.17) is 14.2 Å². The monoisotopic (exact) mass is 355 g/mol. The van der Waals surface area contributed by atoms with Gasteiger partial charge in [-0.3, -0.25) is 4.79 Å². The number of para-hydroxylation sites is 1. The normalized spacial score (nSPS) is 11.7. The fourth-order valence-corrected chi connectivity index (χ4v) is 2.15. The van der Waals surface area contributed by atoms with Crippen LogP contribution in [0.25, 0.3) is 6.08 Å². The number of anilines is 1. The lowest BCUT2D eigenvalue weighted by molar-refractivity contribution is -0.148. The van der Waals surface area contributed by atoms with Crippen molar-refractivity contribution in [2.45, 2.75) is 13.0 Å². The number of rotatable bonds is 7. The summed E-state index contributed by atoms with van der Waals surface area (Å²) in [6.07, 6.45) is 1.91. The standard InChI is InChI=1S/C20H21NO5/c1-14(20(23)21-16-7-5-4-6-8-16)26-19(22)12-10-15-9-11-17(24-2)18(13-15)25-3/h4-14H,1-3H3,(H,21,23)/b12-10+/t14-/m0/s1. The van der Waals surface area contributed by atoms with E-state index in [1.54, 1.807) is 55.7 Å². The summed E-state index contributed by atoms with van der Waals surface area (Å²) in [5.74, 6) is 0.136. The van der Waals surface area contributed by atoms with Crippen LogP contribution >= 0.6 is 0 Å². The highest BCUT2D eigenvalue weighted by molar-refractivity contribution is 5.96. The molecule has 0 aliphatic rings. The van der Waals surface area contributed by atoms with Crippen molar-refractivity contribution in [1.82, 2.24) is 0 Å². The molecule has 0 aromatic heterocycles. The molecular formula is C20H21NO5. The number of esters is 1. The van der Waals surface area contributed by atoms with Crippen LogP contribution in [0.4, 0.5) is 5.69 Å². The molecule has 2 rings (SSSR count). The Hall–Kier alpha value is -3.28. The molecule has 26 heavy (non-hydrogen) atoms. The van der Waals surface area contributed by atoms with Gasteiger partial charge >= 0.3 is 5.97 Å². The van der Waals surface area contributed by atoms with E-state index in [-0.39, 0.29) is 0 Å². The molecule has 1 atom stereocenters. The molecule has 0 spiro atoms. The van der Waals surface area contributed by atoms with Crippen LogP contribution in [0.2, 0.25) is 0 Å². The summed E-state index contributed by atoms with van der Waals surface area (Å²) in [4.78, 5) is 23.9. The Kier molecular flexibility index (Phi) is 6.79. The van der Waals surface area contributed by atoms with Gasteiger partial charge in [0.15, 0.2) is 17.6 Å². The molecule has 0 saturated heterocycles. The van der Waals surface area contributed by atoms with Crippen molar-refractivity contribution in [3.63, 3.8) is 0 Å². The van der Waals surface area contributed by atoms with Gasteiger partial charge in [0.25, 0.3) is 5.91 Å². The average Bonchev–Trinajstić information content (AvgIpc) is 2.66. The minimum absolute atomic E-state index is 0.399. The molecule has 1 N–H and O–H groups in total. The van der Waals surface area contributed by atoms with Gasteiger partial charge in [0.1, 0.15) is 0 Å². The number of hydrogen-bond donors (Lipinski definition) is 1. The highest BCUT2D eigenvalue weighted by Gasteiger charge is 2.16. The quantitative estimate of drug-likeness (QED) is 0.609. The summed E-state index contributed by atoms with van der Waals surface area (Å²) in [5.41, 5.74) is 1.38. The summed E-state index contributed by atoms with van der Waals surface area (Å²) in [5, 5.41) is 2.68. The highest BCUT2D eigenvalue weighted by atomic mass is 16.5. The molecule has 0 radical (unpaired) electrons. The minimum atomic E-state index is -0.919. The van der Waals surface area contributed by atoms with Gasteiger partial charge in [0, 0.05) is 11.8 Å². The van der Waals surface area contributed by atoms with E-state index in [0.717, 1.165) is 5.56 Å². The summed E-state index contributed by atoms with van der Waals surface area (Å²) < 4.78 is 15.5. The van der Waals surface area contributed by atoms with E-state index in [2.05, 4.69) is 5.32 Å². The Bertz CT molecular complexity index is 786. The van der Waals surface area contributed by atoms with Crippen LogP contribution in [0, 0.1) is 0 Å². The number of hydrogen-bond acceptors (Lipinski definition) is 5. The first-order valence-corrected chi connectivity index (χ1v) is 8.00. The maximum atomic E-state index is 12.0. The van der Waals surface area contributed by atoms with E-state index in [1.165, 1.54) is 20.1 Å². The van der Waals surface area contributed by atoms with Crippen molar-refractivity contribution < 1.29 is 23.8 Å². The van der Waals surface area contributed by atoms with Crippen LogP contribution in [-0.2, 0) is 14.3 Å². The second-order valence-corrected chi connectivity index (χ2v) is 5.38. The third-order valence-corrected chi connectivity index (χ3v) is 3.52. The first-order valence-electron chi connectivity index (χ1n) is 8.00. The molecule has 0 aliphatic heterocycles. The van der Waals surface area contributed by atoms with E-state index in [0.29, 0.717) is 17.2 Å². The fraction of sp³-hybridized carbons (Fsp3) is 0.200. The number of methoxy groups -OCH3 is 2. The van der Waals surface area contributed by atoms with E-state index < -0.39 is 18.0 Å². The van der Waals surface area contributed by atoms with E-state index in [1.807, 2.05) is 6.07 Å². The van der Waals surface area contributed by atoms with Crippen molar-refractivity contribution in [2.24, 2.45) is 0 Å². The fourth-order valence-electron chi connectivity index (χ4n) is 2.15. The Balaban J connectivity index is 1.93. The lowest BCUT2D eigenvalue weighted by Gasteiger charge is -2.12. The molecule has 136 valence electrons. The maximum Gasteiger partial charge on any atom is 0.331 e. The van der Waals surface area contributed by atoms with Crippen molar-refractivity contribution >= 4 is 23.6 Å². The van der Waals surface area contributed by atoms with Crippen LogP contribution in [0.3, 0.4) is 0 Å². The number of ether oxygens (including phenoxy) is 3. The van der Waals surface area contributed by atoms with Gasteiger partial charge in [0.05, 0.1) is 14.2 Å². The zero-order chi connectivity index (χ0) is 18.9. The van der Waals surface area contributed by atoms with Crippen molar-refractivity contribution in [1.29, 1.82) is 0 Å². The second kappa shape index (κ2) is 9.27. The van der Waals surface area contributed by atoms with Crippen molar-refractivity contribution in [3.8, 4) is 11.5 Å². The molecule has 2 aromatic rings. The SMILES string of the molecule is COc1ccc(/C=C/C(=O)O[C@@H](C)C(=O)Nc2ccccc2)cc1OC. The second-order valence-electron chi connectivity index (χ2n) is 5.38. The summed E-state index contributed by atoms with van der Waals surface area (Å²) in [6, 6.07) is 14.2. The van der Waals surface area contributed by atoms with Gasteiger partial charge in [0.2, 0.25) is 0 Å². The molecule has 0 fully saturated rings. The molecule has 0 heterocycles. The van der Waals surface area contributed by atoms with Crippen LogP contribution in [0.1, 0.15) is 12.5 Å². The number of amides is 1. The number of benzene rings is 2. The van der Waals surface area contributed by atoms with Gasteiger partial charge < -0.3 is 19.5 Å². The molecule has 0 aliphatic carbocycles. The molecule has 0 bridgehead atoms. The van der Waals surface area contributed by atoms with Crippen LogP contribution in [0.15, 0.2) is 54.6 Å². The lowest BCUT2D eigenvalue weighted by Crippen LogP contribution is -2.29. The van der Waals surface area contributed by atoms with Gasteiger partial charge in [-0.15, -0.1) is 0 Å². The Labute approximate surface area is 152 Å². The minimum Gasteiger partial charge on any atom is -0.493 e. The highest BCUT2D eigenvalue weighted by Crippen LogP contribution is 2.27. The van der Waals surface area contributed by atoms with Crippen LogP contribution < -0.4 is 14.8 Å². The molecular weight excluding hydrogens is 334 g/mol. The van der Waals surface area contributed by atoms with Crippen LogP contribution in [0.5, 0.6) is 11.5 Å². The average molecular weight is 355 g/mol. The molecule has 0 saturated carbocycles. The largest absolute Gasteiger partial charge is 0.493 e. The molecule has 0 unspecified atom stereocenters. The first kappa shape index (κ1) is 19.1. The van der Waals surface area contributed by atoms with E-state index in [9.17, 15) is 9.59 Å². The van der Waals surface area contributed by atoms with Gasteiger partial charge in [-0.2, -0.15) is 0 Å². The van der Waals surface area contributed by atoms with Crippen LogP contribution in [-0.4, -0.2) is 32.2 Å². The Morgan fingerprint density at radius 1 is 1.00 bits per heavy atom. The molecule has 6 heteroatoms. The predicted molar refractivity (Wildman–Crippen MR) is 99.2 cm³/mol. The predicted octanol–water partition coefficient (Wildman–Crippen LogP) is 3.29. The van der Waals surface area contributed by atoms with E-state index >= 15 is 0 Å². The molecule has 6 nitrogen and oxygen atoms in total. The zero-order valence-corrected chi connectivity index (χ0v) is 14.9. The smallest absolute Gasteiger partial charge is 0.331 e. The summed E-state index contributed by atoms with van der Waals surface area (Å²) in [7, 11) is 3.08. The third kappa shape index (κ3) is 5.37. The van der Waals surface area contributed by atoms with Gasteiger partial charge in [-0.1, -0.05) is 24.3 Å². The van der Waals surface area contributed by atoms with Gasteiger partial charge in [-0.25, -0.2) is 4.79 Å². The molecule has 2 aromatic carbocycles. The van der Waals surface area contributed by atoms with Crippen molar-refractivity contribution in [2.75, 3.05) is 19.5 Å². The lowest BCUT2D eigenvalue weighted by atomic mass is 10.2. The summed E-state index contributed by atoms with van der Waals surface area (Å²) in [6.45, 7) is 1.51. The third-order valence-electron chi connectivity index (χ3n) is 3.52. The summed E-state index contributed by atoms with van der Waals surface area (Å²) >= 11 is 0.